The van der Waals surface area contributed by atoms with Crippen LogP contribution in [0.4, 0.5) is 0 Å². The summed E-state index contributed by atoms with van der Waals surface area (Å²) in [7, 11) is 0. The van der Waals surface area contributed by atoms with Crippen LogP contribution in [-0.4, -0.2) is 31.2 Å². The molecule has 0 saturated carbocycles. The number of ether oxygens (including phenoxy) is 1. The van der Waals surface area contributed by atoms with Gasteiger partial charge in [-0.25, -0.2) is 0 Å². The van der Waals surface area contributed by atoms with Crippen LogP contribution >= 0.6 is 0 Å². The van der Waals surface area contributed by atoms with Crippen molar-refractivity contribution in [2.75, 3.05) is 19.8 Å². The van der Waals surface area contributed by atoms with Gasteiger partial charge in [-0.3, -0.25) is 4.79 Å². The molecule has 1 saturated heterocycles. The van der Waals surface area contributed by atoms with Crippen molar-refractivity contribution < 1.29 is 9.53 Å². The number of hydrogen-bond acceptors (Lipinski definition) is 3. The summed E-state index contributed by atoms with van der Waals surface area (Å²) in [6.07, 6.45) is 0.614. The molecule has 4 heteroatoms. The van der Waals surface area contributed by atoms with Crippen molar-refractivity contribution in [1.29, 1.82) is 0 Å². The molecular formula is C12H24N2O2. The van der Waals surface area contributed by atoms with Gasteiger partial charge in [0, 0.05) is 13.2 Å². The highest BCUT2D eigenvalue weighted by molar-refractivity contribution is 5.86. The Balaban J connectivity index is 2.41. The lowest BCUT2D eigenvalue weighted by molar-refractivity contribution is -0.126. The molecule has 0 aliphatic carbocycles. The minimum atomic E-state index is -0.808. The molecule has 0 bridgehead atoms. The number of nitrogens with one attached hydrogen (secondary N) is 1. The van der Waals surface area contributed by atoms with Crippen LogP contribution in [0.25, 0.3) is 0 Å². The molecule has 0 aromatic heterocycles. The van der Waals surface area contributed by atoms with Gasteiger partial charge in [-0.2, -0.15) is 0 Å². The summed E-state index contributed by atoms with van der Waals surface area (Å²) >= 11 is 0. The van der Waals surface area contributed by atoms with Gasteiger partial charge in [0.25, 0.3) is 0 Å². The van der Waals surface area contributed by atoms with Crippen molar-refractivity contribution in [3.05, 3.63) is 0 Å². The Morgan fingerprint density at radius 3 is 2.62 bits per heavy atom. The minimum Gasteiger partial charge on any atom is -0.379 e. The van der Waals surface area contributed by atoms with Crippen molar-refractivity contribution >= 4 is 5.91 Å². The van der Waals surface area contributed by atoms with Crippen LogP contribution in [-0.2, 0) is 9.53 Å². The van der Waals surface area contributed by atoms with E-state index in [-0.39, 0.29) is 11.3 Å². The van der Waals surface area contributed by atoms with E-state index in [1.54, 1.807) is 0 Å². The van der Waals surface area contributed by atoms with E-state index in [9.17, 15) is 4.79 Å². The topological polar surface area (TPSA) is 64.4 Å². The third-order valence-corrected chi connectivity index (χ3v) is 3.55. The van der Waals surface area contributed by atoms with Gasteiger partial charge < -0.3 is 15.8 Å². The summed E-state index contributed by atoms with van der Waals surface area (Å²) in [6.45, 7) is 10.2. The molecule has 0 aromatic carbocycles. The molecule has 2 unspecified atom stereocenters. The predicted octanol–water partition coefficient (Wildman–Crippen LogP) is 0.903. The van der Waals surface area contributed by atoms with Crippen LogP contribution in [0, 0.1) is 11.3 Å². The van der Waals surface area contributed by atoms with Gasteiger partial charge in [0.15, 0.2) is 0 Å². The summed E-state index contributed by atoms with van der Waals surface area (Å²) in [6, 6.07) is 0. The quantitative estimate of drug-likeness (QED) is 0.754. The number of nitrogens with two attached hydrogens (primary N) is 1. The maximum atomic E-state index is 11.9. The predicted molar refractivity (Wildman–Crippen MR) is 64.0 cm³/mol. The highest BCUT2D eigenvalue weighted by Gasteiger charge is 2.38. The van der Waals surface area contributed by atoms with Crippen molar-refractivity contribution in [3.8, 4) is 0 Å². The summed E-state index contributed by atoms with van der Waals surface area (Å²) in [5, 5.41) is 2.93. The third kappa shape index (κ3) is 3.19. The van der Waals surface area contributed by atoms with Gasteiger partial charge in [0.2, 0.25) is 5.91 Å². The summed E-state index contributed by atoms with van der Waals surface area (Å²) < 4.78 is 5.17. The second kappa shape index (κ2) is 4.72. The summed E-state index contributed by atoms with van der Waals surface area (Å²) in [5.41, 5.74) is 5.35. The number of carbonyl (C=O) groups is 1. The minimum absolute atomic E-state index is 0.0823. The van der Waals surface area contributed by atoms with Gasteiger partial charge in [-0.1, -0.05) is 27.7 Å². The van der Waals surface area contributed by atoms with Gasteiger partial charge in [0.1, 0.15) is 5.54 Å². The first-order valence-electron chi connectivity index (χ1n) is 5.91. The van der Waals surface area contributed by atoms with Crippen LogP contribution in [0.15, 0.2) is 0 Å². The molecule has 2 atom stereocenters. The van der Waals surface area contributed by atoms with Crippen LogP contribution in [0.5, 0.6) is 0 Å². The second-order valence-electron chi connectivity index (χ2n) is 5.94. The van der Waals surface area contributed by atoms with E-state index in [2.05, 4.69) is 33.0 Å². The molecule has 94 valence electrons. The fourth-order valence-corrected chi connectivity index (χ4v) is 1.49. The summed E-state index contributed by atoms with van der Waals surface area (Å²) in [5.74, 6) is 0.337. The Labute approximate surface area is 97.9 Å². The zero-order valence-electron chi connectivity index (χ0n) is 10.8. The average molecular weight is 228 g/mol. The smallest absolute Gasteiger partial charge is 0.242 e. The first-order valence-corrected chi connectivity index (χ1v) is 5.91. The third-order valence-electron chi connectivity index (χ3n) is 3.55. The van der Waals surface area contributed by atoms with Crippen LogP contribution in [0.2, 0.25) is 0 Å². The molecule has 1 rings (SSSR count). The fourth-order valence-electron chi connectivity index (χ4n) is 1.49. The largest absolute Gasteiger partial charge is 0.379 e. The molecule has 1 aliphatic heterocycles. The molecule has 1 aliphatic rings. The zero-order chi connectivity index (χ0) is 12.4. The van der Waals surface area contributed by atoms with Crippen molar-refractivity contribution in [2.24, 2.45) is 17.1 Å². The molecule has 1 fully saturated rings. The number of rotatable bonds is 3. The Morgan fingerprint density at radius 2 is 2.19 bits per heavy atom. The van der Waals surface area contributed by atoms with E-state index < -0.39 is 5.54 Å². The van der Waals surface area contributed by atoms with Gasteiger partial charge in [0.05, 0.1) is 6.61 Å². The van der Waals surface area contributed by atoms with Crippen LogP contribution in [0.3, 0.4) is 0 Å². The van der Waals surface area contributed by atoms with Crippen molar-refractivity contribution in [3.63, 3.8) is 0 Å². The molecule has 0 spiro atoms. The molecule has 16 heavy (non-hydrogen) atoms. The summed E-state index contributed by atoms with van der Waals surface area (Å²) in [4.78, 5) is 11.9. The lowest BCUT2D eigenvalue weighted by Crippen LogP contribution is -2.55. The Morgan fingerprint density at radius 1 is 1.56 bits per heavy atom. The molecule has 1 heterocycles. The SMILES string of the molecule is CC(CNC(=O)C1(N)CCOC1)C(C)(C)C. The Bertz CT molecular complexity index is 252. The van der Waals surface area contributed by atoms with E-state index >= 15 is 0 Å². The van der Waals surface area contributed by atoms with E-state index in [1.165, 1.54) is 0 Å². The normalized spacial score (nSPS) is 27.8. The lowest BCUT2D eigenvalue weighted by atomic mass is 9.82. The molecule has 1 amide bonds. The number of hydrogen-bond donors (Lipinski definition) is 2. The van der Waals surface area contributed by atoms with E-state index in [1.807, 2.05) is 0 Å². The second-order valence-corrected chi connectivity index (χ2v) is 5.94. The first kappa shape index (κ1) is 13.5. The lowest BCUT2D eigenvalue weighted by Gasteiger charge is -2.29. The average Bonchev–Trinajstić information content (AvgIpc) is 2.60. The molecular weight excluding hydrogens is 204 g/mol. The van der Waals surface area contributed by atoms with Crippen LogP contribution < -0.4 is 11.1 Å². The highest BCUT2D eigenvalue weighted by atomic mass is 16.5. The molecule has 4 nitrogen and oxygen atoms in total. The monoisotopic (exact) mass is 228 g/mol. The van der Waals surface area contributed by atoms with E-state index in [0.29, 0.717) is 32.1 Å². The zero-order valence-corrected chi connectivity index (χ0v) is 10.8. The maximum absolute atomic E-state index is 11.9. The molecule has 0 radical (unpaired) electrons. The van der Waals surface area contributed by atoms with Crippen molar-refractivity contribution in [2.45, 2.75) is 39.7 Å². The van der Waals surface area contributed by atoms with Crippen molar-refractivity contribution in [1.82, 2.24) is 5.32 Å². The Kier molecular flexibility index (Phi) is 3.97. The standard InChI is InChI=1S/C12H24N2O2/c1-9(11(2,3)4)7-14-10(15)12(13)5-6-16-8-12/h9H,5-8,13H2,1-4H3,(H,14,15). The van der Waals surface area contributed by atoms with Crippen LogP contribution in [0.1, 0.15) is 34.1 Å². The first-order chi connectivity index (χ1) is 7.26. The molecule has 0 aromatic rings. The van der Waals surface area contributed by atoms with Gasteiger partial charge in [-0.15, -0.1) is 0 Å². The molecule has 3 N–H and O–H groups in total. The highest BCUT2D eigenvalue weighted by Crippen LogP contribution is 2.24. The maximum Gasteiger partial charge on any atom is 0.242 e. The van der Waals surface area contributed by atoms with E-state index in [4.69, 9.17) is 10.5 Å². The number of amides is 1. The number of carbonyl (C=O) groups excluding carboxylic acids is 1. The van der Waals surface area contributed by atoms with Gasteiger partial charge in [-0.05, 0) is 17.8 Å². The van der Waals surface area contributed by atoms with E-state index in [0.717, 1.165) is 0 Å². The van der Waals surface area contributed by atoms with Gasteiger partial charge >= 0.3 is 0 Å². The fraction of sp³-hybridized carbons (Fsp3) is 0.917. The Hall–Kier alpha value is -0.610.